The normalized spacial score (nSPS) is 11.8. The van der Waals surface area contributed by atoms with E-state index in [4.69, 9.17) is 5.14 Å². The van der Waals surface area contributed by atoms with Crippen LogP contribution in [0.25, 0.3) is 5.69 Å². The molecule has 0 amide bonds. The van der Waals surface area contributed by atoms with Crippen molar-refractivity contribution in [1.29, 1.82) is 0 Å². The number of sulfonamides is 1. The van der Waals surface area contributed by atoms with Crippen LogP contribution < -0.4 is 5.14 Å². The molecule has 0 radical (unpaired) electrons. The minimum Gasteiger partial charge on any atom is -0.236 e. The molecule has 0 fully saturated rings. The average molecular weight is 358 g/mol. The zero-order valence-electron chi connectivity index (χ0n) is 11.3. The summed E-state index contributed by atoms with van der Waals surface area (Å²) in [5, 5.41) is 9.74. The molecule has 0 saturated carbocycles. The first kappa shape index (κ1) is 15.2. The highest BCUT2D eigenvalue weighted by molar-refractivity contribution is 9.10. The highest BCUT2D eigenvalue weighted by Crippen LogP contribution is 2.24. The number of hydrogen-bond acceptors (Lipinski definition) is 3. The molecule has 0 aliphatic rings. The average Bonchev–Trinajstić information content (AvgIpc) is 2.78. The minimum absolute atomic E-state index is 0.158. The smallest absolute Gasteiger partial charge is 0.236 e. The molecule has 2 aromatic rings. The van der Waals surface area contributed by atoms with E-state index in [1.807, 2.05) is 38.1 Å². The molecule has 5 nitrogen and oxygen atoms in total. The number of primary sulfonamides is 1. The lowest BCUT2D eigenvalue weighted by Gasteiger charge is -2.07. The molecule has 2 rings (SSSR count). The lowest BCUT2D eigenvalue weighted by molar-refractivity contribution is 0.595. The Hall–Kier alpha value is -1.18. The Morgan fingerprint density at radius 2 is 1.80 bits per heavy atom. The predicted octanol–water partition coefficient (Wildman–Crippen LogP) is 2.41. The van der Waals surface area contributed by atoms with E-state index < -0.39 is 10.0 Å². The second-order valence-electron chi connectivity index (χ2n) is 4.36. The zero-order valence-corrected chi connectivity index (χ0v) is 13.7. The summed E-state index contributed by atoms with van der Waals surface area (Å²) < 4.78 is 26.2. The SMILES string of the molecule is CCc1nn(-c2ccc(Br)cc2)c(CC)c1S(N)(=O)=O. The van der Waals surface area contributed by atoms with Crippen LogP contribution in [-0.2, 0) is 22.9 Å². The molecular weight excluding hydrogens is 342 g/mol. The van der Waals surface area contributed by atoms with Gasteiger partial charge in [0.15, 0.2) is 0 Å². The van der Waals surface area contributed by atoms with E-state index in [-0.39, 0.29) is 4.90 Å². The van der Waals surface area contributed by atoms with E-state index in [2.05, 4.69) is 21.0 Å². The molecule has 0 bridgehead atoms. The second kappa shape index (κ2) is 5.67. The summed E-state index contributed by atoms with van der Waals surface area (Å²) in [5.41, 5.74) is 1.94. The number of hydrogen-bond donors (Lipinski definition) is 1. The van der Waals surface area contributed by atoms with Gasteiger partial charge in [0, 0.05) is 4.47 Å². The van der Waals surface area contributed by atoms with Crippen molar-refractivity contribution in [2.24, 2.45) is 5.14 Å². The van der Waals surface area contributed by atoms with Gasteiger partial charge in [-0.1, -0.05) is 29.8 Å². The molecular formula is C13H16BrN3O2S. The maximum atomic E-state index is 11.8. The molecule has 0 saturated heterocycles. The van der Waals surface area contributed by atoms with Gasteiger partial charge in [-0.3, -0.25) is 0 Å². The quantitative estimate of drug-likeness (QED) is 0.912. The summed E-state index contributed by atoms with van der Waals surface area (Å²) >= 11 is 3.37. The predicted molar refractivity (Wildman–Crippen MR) is 81.4 cm³/mol. The van der Waals surface area contributed by atoms with Gasteiger partial charge in [-0.15, -0.1) is 0 Å². The molecule has 20 heavy (non-hydrogen) atoms. The first-order valence-electron chi connectivity index (χ1n) is 6.28. The van der Waals surface area contributed by atoms with Gasteiger partial charge >= 0.3 is 0 Å². The third kappa shape index (κ3) is 2.79. The van der Waals surface area contributed by atoms with Crippen LogP contribution in [0.4, 0.5) is 0 Å². The van der Waals surface area contributed by atoms with Gasteiger partial charge in [-0.2, -0.15) is 5.10 Å². The Labute approximate surface area is 127 Å². The number of aromatic nitrogens is 2. The number of benzene rings is 1. The van der Waals surface area contributed by atoms with Crippen molar-refractivity contribution in [2.45, 2.75) is 31.6 Å². The molecule has 0 aliphatic carbocycles. The molecule has 7 heteroatoms. The molecule has 2 N–H and O–H groups in total. The summed E-state index contributed by atoms with van der Waals surface area (Å²) in [5.74, 6) is 0. The Kier molecular flexibility index (Phi) is 4.31. The third-order valence-electron chi connectivity index (χ3n) is 3.03. The van der Waals surface area contributed by atoms with Crippen LogP contribution in [0, 0.1) is 0 Å². The van der Waals surface area contributed by atoms with E-state index in [9.17, 15) is 8.42 Å². The first-order chi connectivity index (χ1) is 9.38. The van der Waals surface area contributed by atoms with E-state index >= 15 is 0 Å². The van der Waals surface area contributed by atoms with E-state index in [1.54, 1.807) is 4.68 Å². The molecule has 1 aromatic heterocycles. The molecule has 0 unspecified atom stereocenters. The van der Waals surface area contributed by atoms with Crippen molar-refractivity contribution in [1.82, 2.24) is 9.78 Å². The maximum absolute atomic E-state index is 11.8. The summed E-state index contributed by atoms with van der Waals surface area (Å²) in [7, 11) is -3.78. The van der Waals surface area contributed by atoms with Crippen LogP contribution in [0.2, 0.25) is 0 Å². The Balaban J connectivity index is 2.72. The number of nitrogens with zero attached hydrogens (tertiary/aromatic N) is 2. The summed E-state index contributed by atoms with van der Waals surface area (Å²) in [6, 6.07) is 7.53. The topological polar surface area (TPSA) is 78.0 Å². The largest absolute Gasteiger partial charge is 0.241 e. The number of halogens is 1. The third-order valence-corrected chi connectivity index (χ3v) is 4.60. The van der Waals surface area contributed by atoms with Gasteiger partial charge in [-0.25, -0.2) is 18.2 Å². The fourth-order valence-corrected chi connectivity index (χ4v) is 3.49. The van der Waals surface area contributed by atoms with Gasteiger partial charge in [0.25, 0.3) is 0 Å². The number of aryl methyl sites for hydroxylation is 1. The van der Waals surface area contributed by atoms with Gasteiger partial charge in [0.2, 0.25) is 10.0 Å². The van der Waals surface area contributed by atoms with Crippen molar-refractivity contribution < 1.29 is 8.42 Å². The van der Waals surface area contributed by atoms with Crippen molar-refractivity contribution in [3.8, 4) is 5.69 Å². The van der Waals surface area contributed by atoms with E-state index in [1.165, 1.54) is 0 Å². The van der Waals surface area contributed by atoms with Crippen molar-refractivity contribution in [2.75, 3.05) is 0 Å². The highest BCUT2D eigenvalue weighted by atomic mass is 79.9. The van der Waals surface area contributed by atoms with Crippen LogP contribution in [0.1, 0.15) is 25.2 Å². The summed E-state index contributed by atoms with van der Waals surface area (Å²) in [4.78, 5) is 0.158. The van der Waals surface area contributed by atoms with Gasteiger partial charge in [0.1, 0.15) is 4.90 Å². The molecule has 108 valence electrons. The fourth-order valence-electron chi connectivity index (χ4n) is 2.16. The van der Waals surface area contributed by atoms with Gasteiger partial charge < -0.3 is 0 Å². The first-order valence-corrected chi connectivity index (χ1v) is 8.61. The van der Waals surface area contributed by atoms with Crippen LogP contribution in [0.5, 0.6) is 0 Å². The Morgan fingerprint density at radius 3 is 2.25 bits per heavy atom. The van der Waals surface area contributed by atoms with Crippen LogP contribution >= 0.6 is 15.9 Å². The van der Waals surface area contributed by atoms with Gasteiger partial charge in [0.05, 0.1) is 17.1 Å². The minimum atomic E-state index is -3.78. The number of nitrogens with two attached hydrogens (primary N) is 1. The van der Waals surface area contributed by atoms with Crippen molar-refractivity contribution >= 4 is 26.0 Å². The Bertz CT molecular complexity index is 721. The molecule has 0 aliphatic heterocycles. The van der Waals surface area contributed by atoms with Crippen LogP contribution in [0.3, 0.4) is 0 Å². The number of rotatable bonds is 4. The molecule has 0 atom stereocenters. The van der Waals surface area contributed by atoms with Gasteiger partial charge in [-0.05, 0) is 37.1 Å². The monoisotopic (exact) mass is 357 g/mol. The zero-order chi connectivity index (χ0) is 14.9. The Morgan fingerprint density at radius 1 is 1.20 bits per heavy atom. The van der Waals surface area contributed by atoms with Crippen LogP contribution in [0.15, 0.2) is 33.6 Å². The molecule has 1 heterocycles. The lowest BCUT2D eigenvalue weighted by atomic mass is 10.2. The maximum Gasteiger partial charge on any atom is 0.241 e. The molecule has 0 spiro atoms. The van der Waals surface area contributed by atoms with Crippen LogP contribution in [-0.4, -0.2) is 18.2 Å². The molecule has 1 aromatic carbocycles. The summed E-state index contributed by atoms with van der Waals surface area (Å²) in [6.07, 6.45) is 1.05. The lowest BCUT2D eigenvalue weighted by Crippen LogP contribution is -2.15. The second-order valence-corrected chi connectivity index (χ2v) is 6.78. The van der Waals surface area contributed by atoms with Crippen molar-refractivity contribution in [3.05, 3.63) is 40.1 Å². The van der Waals surface area contributed by atoms with E-state index in [0.717, 1.165) is 10.2 Å². The standard InChI is InChI=1S/C13H16BrN3O2S/c1-3-11-13(20(15,18)19)12(4-2)17(16-11)10-7-5-9(14)6-8-10/h5-8H,3-4H2,1-2H3,(H2,15,18,19). The summed E-state index contributed by atoms with van der Waals surface area (Å²) in [6.45, 7) is 3.75. The van der Waals surface area contributed by atoms with Crippen molar-refractivity contribution in [3.63, 3.8) is 0 Å². The van der Waals surface area contributed by atoms with E-state index in [0.29, 0.717) is 24.2 Å². The highest BCUT2D eigenvalue weighted by Gasteiger charge is 2.24. The fraction of sp³-hybridized carbons (Fsp3) is 0.308.